The van der Waals surface area contributed by atoms with Crippen molar-refractivity contribution in [2.45, 2.75) is 39.2 Å². The lowest BCUT2D eigenvalue weighted by Gasteiger charge is -2.33. The average molecular weight is 228 g/mol. The third-order valence-corrected chi connectivity index (χ3v) is 3.84. The van der Waals surface area contributed by atoms with Gasteiger partial charge in [-0.1, -0.05) is 20.8 Å². The summed E-state index contributed by atoms with van der Waals surface area (Å²) in [6.45, 7) is 8.06. The third kappa shape index (κ3) is 3.19. The van der Waals surface area contributed by atoms with Gasteiger partial charge in [0.25, 0.3) is 0 Å². The van der Waals surface area contributed by atoms with E-state index in [2.05, 4.69) is 10.6 Å². The molecular weight excluding hydrogens is 204 g/mol. The van der Waals surface area contributed by atoms with E-state index in [1.807, 2.05) is 20.8 Å². The molecule has 1 atom stereocenters. The van der Waals surface area contributed by atoms with E-state index in [1.165, 1.54) is 0 Å². The maximum absolute atomic E-state index is 11.8. The first-order chi connectivity index (χ1) is 7.52. The van der Waals surface area contributed by atoms with E-state index in [4.69, 9.17) is 0 Å². The zero-order chi connectivity index (χ0) is 12.2. The van der Waals surface area contributed by atoms with Crippen LogP contribution in [-0.2, 0) is 4.79 Å². The molecule has 0 aromatic rings. The van der Waals surface area contributed by atoms with Crippen molar-refractivity contribution in [3.63, 3.8) is 0 Å². The number of hydrogen-bond donors (Lipinski definition) is 3. The van der Waals surface area contributed by atoms with Crippen LogP contribution < -0.4 is 10.6 Å². The zero-order valence-electron chi connectivity index (χ0n) is 10.5. The van der Waals surface area contributed by atoms with Crippen LogP contribution >= 0.6 is 0 Å². The van der Waals surface area contributed by atoms with E-state index in [0.29, 0.717) is 25.3 Å². The van der Waals surface area contributed by atoms with Crippen molar-refractivity contribution in [3.8, 4) is 0 Å². The second-order valence-electron chi connectivity index (χ2n) is 4.86. The molecule has 1 rings (SSSR count). The topological polar surface area (TPSA) is 61.4 Å². The molecular formula is C12H24N2O2. The van der Waals surface area contributed by atoms with E-state index < -0.39 is 5.60 Å². The highest BCUT2D eigenvalue weighted by Crippen LogP contribution is 2.17. The SMILES string of the molecule is CCC(O)(CC)CNC(=O)C(C)C1CNC1. The second kappa shape index (κ2) is 5.64. The fourth-order valence-corrected chi connectivity index (χ4v) is 1.79. The molecule has 1 saturated heterocycles. The minimum absolute atomic E-state index is 0.0409. The van der Waals surface area contributed by atoms with E-state index in [-0.39, 0.29) is 11.8 Å². The van der Waals surface area contributed by atoms with E-state index in [0.717, 1.165) is 13.1 Å². The van der Waals surface area contributed by atoms with Crippen LogP contribution in [0.25, 0.3) is 0 Å². The summed E-state index contributed by atoms with van der Waals surface area (Å²) in [5, 5.41) is 16.1. The van der Waals surface area contributed by atoms with Gasteiger partial charge in [0.2, 0.25) is 5.91 Å². The first-order valence-corrected chi connectivity index (χ1v) is 6.23. The molecule has 0 aromatic carbocycles. The molecule has 0 radical (unpaired) electrons. The second-order valence-corrected chi connectivity index (χ2v) is 4.86. The molecule has 0 bridgehead atoms. The van der Waals surface area contributed by atoms with Gasteiger partial charge in [0.05, 0.1) is 5.60 Å². The Balaban J connectivity index is 2.33. The summed E-state index contributed by atoms with van der Waals surface area (Å²) < 4.78 is 0. The third-order valence-electron chi connectivity index (χ3n) is 3.84. The van der Waals surface area contributed by atoms with Crippen molar-refractivity contribution in [2.75, 3.05) is 19.6 Å². The van der Waals surface area contributed by atoms with Crippen molar-refractivity contribution >= 4 is 5.91 Å². The zero-order valence-corrected chi connectivity index (χ0v) is 10.5. The van der Waals surface area contributed by atoms with E-state index >= 15 is 0 Å². The molecule has 1 fully saturated rings. The van der Waals surface area contributed by atoms with Crippen LogP contribution in [0.5, 0.6) is 0 Å². The summed E-state index contributed by atoms with van der Waals surface area (Å²) in [5.41, 5.74) is -0.743. The molecule has 0 spiro atoms. The molecule has 1 aliphatic heterocycles. The Morgan fingerprint density at radius 3 is 2.44 bits per heavy atom. The van der Waals surface area contributed by atoms with Crippen LogP contribution in [0.4, 0.5) is 0 Å². The number of aliphatic hydroxyl groups is 1. The summed E-state index contributed by atoms with van der Waals surface area (Å²) in [7, 11) is 0. The lowest BCUT2D eigenvalue weighted by atomic mass is 9.88. The van der Waals surface area contributed by atoms with Crippen molar-refractivity contribution in [1.29, 1.82) is 0 Å². The lowest BCUT2D eigenvalue weighted by molar-refractivity contribution is -0.128. The number of hydrogen-bond acceptors (Lipinski definition) is 3. The normalized spacial score (nSPS) is 19.0. The molecule has 4 nitrogen and oxygen atoms in total. The molecule has 1 amide bonds. The van der Waals surface area contributed by atoms with Crippen LogP contribution in [-0.4, -0.2) is 36.2 Å². The summed E-state index contributed by atoms with van der Waals surface area (Å²) >= 11 is 0. The standard InChI is InChI=1S/C12H24N2O2/c1-4-12(16,5-2)8-14-11(15)9(3)10-6-13-7-10/h9-10,13,16H,4-8H2,1-3H3,(H,14,15). The Morgan fingerprint density at radius 2 is 2.06 bits per heavy atom. The van der Waals surface area contributed by atoms with Crippen LogP contribution in [0, 0.1) is 11.8 Å². The summed E-state index contributed by atoms with van der Waals surface area (Å²) in [6, 6.07) is 0. The van der Waals surface area contributed by atoms with Gasteiger partial charge >= 0.3 is 0 Å². The van der Waals surface area contributed by atoms with Gasteiger partial charge in [0, 0.05) is 12.5 Å². The first kappa shape index (κ1) is 13.5. The summed E-state index contributed by atoms with van der Waals surface area (Å²) in [4.78, 5) is 11.8. The predicted molar refractivity (Wildman–Crippen MR) is 64.1 cm³/mol. The van der Waals surface area contributed by atoms with Crippen molar-refractivity contribution in [2.24, 2.45) is 11.8 Å². The molecule has 1 aliphatic rings. The molecule has 94 valence electrons. The average Bonchev–Trinajstić information content (AvgIpc) is 2.23. The monoisotopic (exact) mass is 228 g/mol. The highest BCUT2D eigenvalue weighted by Gasteiger charge is 2.30. The molecule has 4 heteroatoms. The van der Waals surface area contributed by atoms with Crippen LogP contribution in [0.3, 0.4) is 0 Å². The van der Waals surface area contributed by atoms with Gasteiger partial charge in [-0.3, -0.25) is 4.79 Å². The maximum atomic E-state index is 11.8. The molecule has 1 heterocycles. The predicted octanol–water partition coefficient (Wildman–Crippen LogP) is 0.509. The highest BCUT2D eigenvalue weighted by atomic mass is 16.3. The minimum atomic E-state index is -0.743. The number of amides is 1. The molecule has 3 N–H and O–H groups in total. The van der Waals surface area contributed by atoms with Gasteiger partial charge in [-0.2, -0.15) is 0 Å². The van der Waals surface area contributed by atoms with Gasteiger partial charge in [-0.05, 0) is 31.8 Å². The van der Waals surface area contributed by atoms with Crippen molar-refractivity contribution < 1.29 is 9.90 Å². The number of nitrogens with one attached hydrogen (secondary N) is 2. The molecule has 0 aliphatic carbocycles. The lowest BCUT2D eigenvalue weighted by Crippen LogP contribution is -2.51. The van der Waals surface area contributed by atoms with E-state index in [1.54, 1.807) is 0 Å². The quantitative estimate of drug-likeness (QED) is 0.621. The largest absolute Gasteiger partial charge is 0.388 e. The van der Waals surface area contributed by atoms with Gasteiger partial charge in [-0.15, -0.1) is 0 Å². The van der Waals surface area contributed by atoms with Gasteiger partial charge in [-0.25, -0.2) is 0 Å². The Labute approximate surface area is 97.8 Å². The van der Waals surface area contributed by atoms with Crippen molar-refractivity contribution in [3.05, 3.63) is 0 Å². The van der Waals surface area contributed by atoms with Gasteiger partial charge in [0.1, 0.15) is 0 Å². The van der Waals surface area contributed by atoms with Gasteiger partial charge in [0.15, 0.2) is 0 Å². The fraction of sp³-hybridized carbons (Fsp3) is 0.917. The number of rotatable bonds is 6. The smallest absolute Gasteiger partial charge is 0.223 e. The first-order valence-electron chi connectivity index (χ1n) is 6.23. The fourth-order valence-electron chi connectivity index (χ4n) is 1.79. The van der Waals surface area contributed by atoms with Crippen LogP contribution in [0.2, 0.25) is 0 Å². The van der Waals surface area contributed by atoms with Crippen LogP contribution in [0.15, 0.2) is 0 Å². The molecule has 1 unspecified atom stereocenters. The molecule has 16 heavy (non-hydrogen) atoms. The Bertz CT molecular complexity index is 235. The highest BCUT2D eigenvalue weighted by molar-refractivity contribution is 5.78. The summed E-state index contributed by atoms with van der Waals surface area (Å²) in [6.07, 6.45) is 1.34. The number of carbonyl (C=O) groups excluding carboxylic acids is 1. The van der Waals surface area contributed by atoms with Gasteiger partial charge < -0.3 is 15.7 Å². The number of carbonyl (C=O) groups is 1. The molecule has 0 aromatic heterocycles. The minimum Gasteiger partial charge on any atom is -0.388 e. The van der Waals surface area contributed by atoms with E-state index in [9.17, 15) is 9.90 Å². The Morgan fingerprint density at radius 1 is 1.50 bits per heavy atom. The Kier molecular flexibility index (Phi) is 4.74. The van der Waals surface area contributed by atoms with Crippen molar-refractivity contribution in [1.82, 2.24) is 10.6 Å². The summed E-state index contributed by atoms with van der Waals surface area (Å²) in [5.74, 6) is 0.558. The van der Waals surface area contributed by atoms with Crippen LogP contribution in [0.1, 0.15) is 33.6 Å². The molecule has 0 saturated carbocycles. The Hall–Kier alpha value is -0.610. The maximum Gasteiger partial charge on any atom is 0.223 e.